The van der Waals surface area contributed by atoms with Crippen molar-refractivity contribution >= 4 is 17.6 Å². The molecule has 0 aliphatic rings. The second-order valence-electron chi connectivity index (χ2n) is 4.46. The molecule has 1 rings (SSSR count). The Morgan fingerprint density at radius 2 is 1.90 bits per heavy atom. The second-order valence-corrected chi connectivity index (χ2v) is 4.46. The molecule has 0 unspecified atom stereocenters. The molecule has 0 atom stereocenters. The number of ether oxygens (including phenoxy) is 1. The maximum absolute atomic E-state index is 11.8. The minimum absolute atomic E-state index is 0.0820. The van der Waals surface area contributed by atoms with Crippen molar-refractivity contribution in [1.29, 1.82) is 0 Å². The minimum atomic E-state index is -0.587. The van der Waals surface area contributed by atoms with Crippen LogP contribution in [0.15, 0.2) is 18.2 Å². The fourth-order valence-electron chi connectivity index (χ4n) is 1.84. The molecular formula is C15H22N2O4. The number of nitrogens with zero attached hydrogens (tertiary/aromatic N) is 1. The highest BCUT2D eigenvalue weighted by Gasteiger charge is 2.14. The lowest BCUT2D eigenvalue weighted by atomic mass is 10.2. The number of benzene rings is 1. The van der Waals surface area contributed by atoms with Crippen molar-refractivity contribution in [1.82, 2.24) is 4.90 Å². The van der Waals surface area contributed by atoms with Crippen LogP contribution in [0.25, 0.3) is 0 Å². The number of hydrogen-bond acceptors (Lipinski definition) is 5. The Bertz CT molecular complexity index is 498. The fraction of sp³-hybridized carbons (Fsp3) is 0.467. The highest BCUT2D eigenvalue weighted by atomic mass is 16.5. The lowest BCUT2D eigenvalue weighted by Gasteiger charge is -2.17. The predicted molar refractivity (Wildman–Crippen MR) is 80.5 cm³/mol. The Morgan fingerprint density at radius 3 is 2.43 bits per heavy atom. The molecule has 0 aromatic heterocycles. The molecule has 0 heterocycles. The number of amides is 1. The van der Waals surface area contributed by atoms with Crippen molar-refractivity contribution in [2.75, 3.05) is 31.6 Å². The molecule has 6 nitrogen and oxygen atoms in total. The largest absolute Gasteiger partial charge is 0.507 e. The lowest BCUT2D eigenvalue weighted by Crippen LogP contribution is -2.32. The van der Waals surface area contributed by atoms with E-state index in [0.717, 1.165) is 13.1 Å². The van der Waals surface area contributed by atoms with Crippen molar-refractivity contribution in [3.05, 3.63) is 23.8 Å². The zero-order chi connectivity index (χ0) is 15.8. The van der Waals surface area contributed by atoms with E-state index in [-0.39, 0.29) is 30.4 Å². The third kappa shape index (κ3) is 5.07. The molecule has 0 saturated carbocycles. The number of likely N-dealkylation sites (N-methyl/N-ethyl adjacent to an activating group) is 1. The quantitative estimate of drug-likeness (QED) is 0.750. The van der Waals surface area contributed by atoms with Crippen LogP contribution in [-0.4, -0.2) is 48.1 Å². The van der Waals surface area contributed by atoms with Gasteiger partial charge in [-0.05, 0) is 32.1 Å². The Labute approximate surface area is 124 Å². The highest BCUT2D eigenvalue weighted by Crippen LogP contribution is 2.22. The van der Waals surface area contributed by atoms with Crippen LogP contribution >= 0.6 is 0 Å². The summed E-state index contributed by atoms with van der Waals surface area (Å²) in [5.74, 6) is -0.966. The van der Waals surface area contributed by atoms with E-state index in [2.05, 4.69) is 5.32 Å². The van der Waals surface area contributed by atoms with Crippen LogP contribution in [0, 0.1) is 0 Å². The first-order valence-corrected chi connectivity index (χ1v) is 7.04. The molecular weight excluding hydrogens is 272 g/mol. The van der Waals surface area contributed by atoms with Crippen molar-refractivity contribution in [3.8, 4) is 5.75 Å². The van der Waals surface area contributed by atoms with E-state index >= 15 is 0 Å². The number of rotatable bonds is 7. The standard InChI is InChI=1S/C15H22N2O4/c1-4-17(5-2)10-14(19)16-11-7-8-12(13(18)9-11)15(20)21-6-3/h7-9,18H,4-6,10H2,1-3H3,(H,16,19). The summed E-state index contributed by atoms with van der Waals surface area (Å²) >= 11 is 0. The molecule has 0 saturated heterocycles. The number of esters is 1. The number of carbonyl (C=O) groups is 2. The molecule has 0 aliphatic heterocycles. The highest BCUT2D eigenvalue weighted by molar-refractivity contribution is 5.95. The van der Waals surface area contributed by atoms with Crippen LogP contribution in [0.3, 0.4) is 0 Å². The Hall–Kier alpha value is -2.08. The van der Waals surface area contributed by atoms with E-state index in [1.54, 1.807) is 13.0 Å². The van der Waals surface area contributed by atoms with Gasteiger partial charge in [0.05, 0.1) is 13.2 Å². The molecule has 6 heteroatoms. The van der Waals surface area contributed by atoms with Gasteiger partial charge in [0.2, 0.25) is 5.91 Å². The average molecular weight is 294 g/mol. The number of phenolic OH excluding ortho intramolecular Hbond substituents is 1. The van der Waals surface area contributed by atoms with Gasteiger partial charge < -0.3 is 15.2 Å². The van der Waals surface area contributed by atoms with Gasteiger partial charge in [-0.2, -0.15) is 0 Å². The molecule has 1 aromatic rings. The molecule has 0 fully saturated rings. The van der Waals surface area contributed by atoms with E-state index in [1.165, 1.54) is 12.1 Å². The van der Waals surface area contributed by atoms with E-state index < -0.39 is 5.97 Å². The average Bonchev–Trinajstić information content (AvgIpc) is 2.45. The Balaban J connectivity index is 2.71. The molecule has 21 heavy (non-hydrogen) atoms. The van der Waals surface area contributed by atoms with E-state index in [9.17, 15) is 14.7 Å². The van der Waals surface area contributed by atoms with Gasteiger partial charge >= 0.3 is 5.97 Å². The molecule has 2 N–H and O–H groups in total. The summed E-state index contributed by atoms with van der Waals surface area (Å²) < 4.78 is 4.82. The van der Waals surface area contributed by atoms with Gasteiger partial charge in [0.15, 0.2) is 0 Å². The molecule has 1 aromatic carbocycles. The first-order valence-electron chi connectivity index (χ1n) is 7.04. The molecule has 116 valence electrons. The van der Waals surface area contributed by atoms with E-state index in [4.69, 9.17) is 4.74 Å². The van der Waals surface area contributed by atoms with Gasteiger partial charge in [0, 0.05) is 11.8 Å². The van der Waals surface area contributed by atoms with Crippen molar-refractivity contribution in [3.63, 3.8) is 0 Å². The summed E-state index contributed by atoms with van der Waals surface area (Å²) in [5.41, 5.74) is 0.524. The van der Waals surface area contributed by atoms with Crippen LogP contribution in [0.5, 0.6) is 5.75 Å². The summed E-state index contributed by atoms with van der Waals surface area (Å²) in [6.07, 6.45) is 0. The van der Waals surface area contributed by atoms with Crippen LogP contribution in [0.4, 0.5) is 5.69 Å². The molecule has 0 spiro atoms. The van der Waals surface area contributed by atoms with Gasteiger partial charge in [-0.3, -0.25) is 9.69 Å². The molecule has 0 bridgehead atoms. The SMILES string of the molecule is CCOC(=O)c1ccc(NC(=O)CN(CC)CC)cc1O. The van der Waals surface area contributed by atoms with Crippen LogP contribution < -0.4 is 5.32 Å². The summed E-state index contributed by atoms with van der Waals surface area (Å²) in [4.78, 5) is 25.4. The van der Waals surface area contributed by atoms with Crippen LogP contribution in [0.1, 0.15) is 31.1 Å². The number of anilines is 1. The third-order valence-corrected chi connectivity index (χ3v) is 3.04. The first-order chi connectivity index (χ1) is 10.0. The zero-order valence-electron chi connectivity index (χ0n) is 12.7. The number of aromatic hydroxyl groups is 1. The number of nitrogens with one attached hydrogen (secondary N) is 1. The smallest absolute Gasteiger partial charge is 0.341 e. The molecule has 0 radical (unpaired) electrons. The van der Waals surface area contributed by atoms with E-state index in [0.29, 0.717) is 5.69 Å². The van der Waals surface area contributed by atoms with E-state index in [1.807, 2.05) is 18.7 Å². The van der Waals surface area contributed by atoms with Gasteiger partial charge in [-0.1, -0.05) is 13.8 Å². The topological polar surface area (TPSA) is 78.9 Å². The summed E-state index contributed by atoms with van der Waals surface area (Å²) in [6.45, 7) is 7.76. The number of phenols is 1. The molecule has 1 amide bonds. The maximum Gasteiger partial charge on any atom is 0.341 e. The number of carbonyl (C=O) groups excluding carboxylic acids is 2. The van der Waals surface area contributed by atoms with Gasteiger partial charge in [0.25, 0.3) is 0 Å². The van der Waals surface area contributed by atoms with Gasteiger partial charge in [0.1, 0.15) is 11.3 Å². The van der Waals surface area contributed by atoms with Gasteiger partial charge in [-0.25, -0.2) is 4.79 Å². The summed E-state index contributed by atoms with van der Waals surface area (Å²) in [5, 5.41) is 12.5. The summed E-state index contributed by atoms with van der Waals surface area (Å²) in [7, 11) is 0. The first kappa shape index (κ1) is 17.0. The predicted octanol–water partition coefficient (Wildman–Crippen LogP) is 1.85. The fourth-order valence-corrected chi connectivity index (χ4v) is 1.84. The van der Waals surface area contributed by atoms with Crippen molar-refractivity contribution < 1.29 is 19.4 Å². The Kier molecular flexibility index (Phi) is 6.68. The molecule has 0 aliphatic carbocycles. The number of hydrogen-bond donors (Lipinski definition) is 2. The zero-order valence-corrected chi connectivity index (χ0v) is 12.7. The van der Waals surface area contributed by atoms with Gasteiger partial charge in [-0.15, -0.1) is 0 Å². The normalized spacial score (nSPS) is 10.5. The minimum Gasteiger partial charge on any atom is -0.507 e. The second kappa shape index (κ2) is 8.26. The Morgan fingerprint density at radius 1 is 1.24 bits per heavy atom. The summed E-state index contributed by atoms with van der Waals surface area (Å²) in [6, 6.07) is 4.33. The third-order valence-electron chi connectivity index (χ3n) is 3.04. The monoisotopic (exact) mass is 294 g/mol. The van der Waals surface area contributed by atoms with Crippen molar-refractivity contribution in [2.24, 2.45) is 0 Å². The maximum atomic E-state index is 11.8. The lowest BCUT2D eigenvalue weighted by molar-refractivity contribution is -0.117. The van der Waals surface area contributed by atoms with Crippen molar-refractivity contribution in [2.45, 2.75) is 20.8 Å². The van der Waals surface area contributed by atoms with Crippen LogP contribution in [-0.2, 0) is 9.53 Å². The van der Waals surface area contributed by atoms with Crippen LogP contribution in [0.2, 0.25) is 0 Å².